The first-order chi connectivity index (χ1) is 20.1. The van der Waals surface area contributed by atoms with Gasteiger partial charge in [0.05, 0.1) is 41.6 Å². The molecule has 4 aromatic rings. The number of hydrogen-bond acceptors (Lipinski definition) is 10. The fraction of sp³-hybridized carbons (Fsp3) is 0.276. The van der Waals surface area contributed by atoms with Gasteiger partial charge in [0.1, 0.15) is 16.9 Å². The zero-order valence-corrected chi connectivity index (χ0v) is 24.9. The molecule has 218 valence electrons. The molecule has 0 saturated carbocycles. The van der Waals surface area contributed by atoms with Crippen molar-refractivity contribution in [1.82, 2.24) is 19.5 Å². The van der Waals surface area contributed by atoms with Crippen molar-refractivity contribution >= 4 is 63.8 Å². The molecule has 0 aliphatic heterocycles. The molecule has 1 N–H and O–H groups in total. The van der Waals surface area contributed by atoms with Gasteiger partial charge in [0.2, 0.25) is 0 Å². The van der Waals surface area contributed by atoms with Crippen LogP contribution in [0.4, 0.5) is 5.69 Å². The predicted octanol–water partition coefficient (Wildman–Crippen LogP) is 5.07. The molecule has 0 bridgehead atoms. The summed E-state index contributed by atoms with van der Waals surface area (Å²) in [7, 11) is 1.23. The van der Waals surface area contributed by atoms with Crippen LogP contribution in [-0.4, -0.2) is 62.1 Å². The highest BCUT2D eigenvalue weighted by atomic mass is 35.5. The van der Waals surface area contributed by atoms with E-state index >= 15 is 0 Å². The molecule has 1 amide bonds. The van der Waals surface area contributed by atoms with Gasteiger partial charge in [-0.25, -0.2) is 19.7 Å². The van der Waals surface area contributed by atoms with Gasteiger partial charge in [-0.05, 0) is 38.5 Å². The molecule has 0 spiro atoms. The average Bonchev–Trinajstić information content (AvgIpc) is 3.41. The lowest BCUT2D eigenvalue weighted by Crippen LogP contribution is -2.32. The number of fused-ring (bicyclic) bond motifs is 1. The number of aryl methyl sites for hydroxylation is 1. The number of rotatable bonds is 11. The van der Waals surface area contributed by atoms with Gasteiger partial charge in [-0.3, -0.25) is 19.0 Å². The van der Waals surface area contributed by atoms with Gasteiger partial charge in [0.25, 0.3) is 5.91 Å². The Morgan fingerprint density at radius 1 is 1.05 bits per heavy atom. The number of methoxy groups -OCH3 is 1. The number of amides is 1. The van der Waals surface area contributed by atoms with Gasteiger partial charge in [0.15, 0.2) is 17.5 Å². The van der Waals surface area contributed by atoms with E-state index < -0.39 is 29.7 Å². The number of nitrogens with zero attached hydrogens (tertiary/aromatic N) is 4. The molecule has 0 aliphatic rings. The third kappa shape index (κ3) is 6.94. The monoisotopic (exact) mass is 609 g/mol. The maximum Gasteiger partial charge on any atom is 0.337 e. The van der Waals surface area contributed by atoms with Crippen LogP contribution in [-0.2, 0) is 19.1 Å². The van der Waals surface area contributed by atoms with E-state index in [1.165, 1.54) is 42.5 Å². The Hall–Kier alpha value is -4.29. The number of benzene rings is 2. The number of imidazole rings is 1. The largest absolute Gasteiger partial charge is 0.465 e. The molecule has 42 heavy (non-hydrogen) atoms. The summed E-state index contributed by atoms with van der Waals surface area (Å²) in [6.45, 7) is 5.61. The SMILES string of the molecule is CCC(C)OC(=O)CSc1ncnc2c1ncn2C(C(=O)Nc1cc(C(=O)OC)ccc1Cl)C(=O)c1ccc(C)cc1. The number of esters is 2. The first-order valence-electron chi connectivity index (χ1n) is 12.9. The minimum absolute atomic E-state index is 0.00937. The molecule has 2 aromatic heterocycles. The Balaban J connectivity index is 1.71. The lowest BCUT2D eigenvalue weighted by atomic mass is 10.0. The molecule has 11 nitrogen and oxygen atoms in total. The number of ether oxygens (including phenoxy) is 2. The summed E-state index contributed by atoms with van der Waals surface area (Å²) < 4.78 is 11.4. The smallest absolute Gasteiger partial charge is 0.337 e. The van der Waals surface area contributed by atoms with Crippen LogP contribution in [0.15, 0.2) is 60.1 Å². The molecule has 4 rings (SSSR count). The Morgan fingerprint density at radius 3 is 2.45 bits per heavy atom. The van der Waals surface area contributed by atoms with Crippen molar-refractivity contribution in [3.8, 4) is 0 Å². The highest BCUT2D eigenvalue weighted by Crippen LogP contribution is 2.29. The normalized spacial score (nSPS) is 12.4. The van der Waals surface area contributed by atoms with E-state index in [2.05, 4.69) is 20.3 Å². The minimum atomic E-state index is -1.46. The number of Topliss-reactive ketones (excluding diaryl/α,β-unsaturated/α-hetero) is 1. The number of aromatic nitrogens is 4. The zero-order valence-electron chi connectivity index (χ0n) is 23.3. The van der Waals surface area contributed by atoms with Gasteiger partial charge < -0.3 is 14.8 Å². The maximum atomic E-state index is 13.8. The molecule has 0 aliphatic carbocycles. The van der Waals surface area contributed by atoms with Gasteiger partial charge in [-0.2, -0.15) is 0 Å². The van der Waals surface area contributed by atoms with Crippen LogP contribution >= 0.6 is 23.4 Å². The highest BCUT2D eigenvalue weighted by Gasteiger charge is 2.32. The summed E-state index contributed by atoms with van der Waals surface area (Å²) in [6, 6.07) is 9.58. The van der Waals surface area contributed by atoms with E-state index in [1.54, 1.807) is 24.3 Å². The van der Waals surface area contributed by atoms with Crippen molar-refractivity contribution < 1.29 is 28.7 Å². The highest BCUT2D eigenvalue weighted by molar-refractivity contribution is 8.00. The third-order valence-electron chi connectivity index (χ3n) is 6.32. The Kier molecular flexibility index (Phi) is 9.92. The molecular formula is C29H28ClN5O6S. The summed E-state index contributed by atoms with van der Waals surface area (Å²) in [4.78, 5) is 64.9. The van der Waals surface area contributed by atoms with Crippen molar-refractivity contribution in [1.29, 1.82) is 0 Å². The number of carbonyl (C=O) groups excluding carboxylic acids is 4. The summed E-state index contributed by atoms with van der Waals surface area (Å²) in [6.07, 6.45) is 3.07. The number of carbonyl (C=O) groups is 4. The maximum absolute atomic E-state index is 13.8. The number of hydrogen-bond donors (Lipinski definition) is 1. The lowest BCUT2D eigenvalue weighted by Gasteiger charge is -2.19. The quantitative estimate of drug-likeness (QED) is 0.0804. The Labute approximate surface area is 251 Å². The second-order valence-corrected chi connectivity index (χ2v) is 10.7. The minimum Gasteiger partial charge on any atom is -0.465 e. The van der Waals surface area contributed by atoms with Crippen molar-refractivity contribution in [3.05, 3.63) is 76.8 Å². The van der Waals surface area contributed by atoms with Crippen LogP contribution < -0.4 is 5.32 Å². The van der Waals surface area contributed by atoms with Crippen LogP contribution in [0.3, 0.4) is 0 Å². The van der Waals surface area contributed by atoms with Gasteiger partial charge in [-0.15, -0.1) is 0 Å². The van der Waals surface area contributed by atoms with E-state index in [0.717, 1.165) is 17.3 Å². The van der Waals surface area contributed by atoms with E-state index in [1.807, 2.05) is 20.8 Å². The Morgan fingerprint density at radius 2 is 1.76 bits per heavy atom. The molecule has 2 unspecified atom stereocenters. The molecular weight excluding hydrogens is 582 g/mol. The topological polar surface area (TPSA) is 142 Å². The fourth-order valence-corrected chi connectivity index (χ4v) is 4.80. The number of ketones is 1. The van der Waals surface area contributed by atoms with Gasteiger partial charge in [0, 0.05) is 5.56 Å². The van der Waals surface area contributed by atoms with E-state index in [9.17, 15) is 19.2 Å². The van der Waals surface area contributed by atoms with Crippen LogP contribution in [0.25, 0.3) is 11.2 Å². The fourth-order valence-electron chi connectivity index (χ4n) is 3.91. The van der Waals surface area contributed by atoms with Crippen molar-refractivity contribution in [2.45, 2.75) is 44.4 Å². The zero-order chi connectivity index (χ0) is 30.4. The summed E-state index contributed by atoms with van der Waals surface area (Å²) in [5, 5.41) is 3.20. The average molecular weight is 610 g/mol. The summed E-state index contributed by atoms with van der Waals surface area (Å²) in [5.41, 5.74) is 2.01. The van der Waals surface area contributed by atoms with Crippen LogP contribution in [0.1, 0.15) is 52.6 Å². The molecule has 13 heteroatoms. The molecule has 0 saturated heterocycles. The van der Waals surface area contributed by atoms with Crippen LogP contribution in [0, 0.1) is 6.92 Å². The number of nitrogens with one attached hydrogen (secondary N) is 1. The van der Waals surface area contributed by atoms with Crippen molar-refractivity contribution in [2.24, 2.45) is 0 Å². The summed E-state index contributed by atoms with van der Waals surface area (Å²) >= 11 is 7.43. The molecule has 2 aromatic carbocycles. The van der Waals surface area contributed by atoms with Crippen molar-refractivity contribution in [3.63, 3.8) is 0 Å². The number of thioether (sulfide) groups is 1. The lowest BCUT2D eigenvalue weighted by molar-refractivity contribution is -0.145. The molecule has 0 radical (unpaired) electrons. The number of anilines is 1. The van der Waals surface area contributed by atoms with Crippen LogP contribution in [0.5, 0.6) is 0 Å². The van der Waals surface area contributed by atoms with Crippen molar-refractivity contribution in [2.75, 3.05) is 18.2 Å². The van der Waals surface area contributed by atoms with Gasteiger partial charge >= 0.3 is 11.9 Å². The number of halogens is 1. The molecule has 2 atom stereocenters. The Bertz CT molecular complexity index is 1640. The van der Waals surface area contributed by atoms with Crippen LogP contribution in [0.2, 0.25) is 5.02 Å². The predicted molar refractivity (Wildman–Crippen MR) is 158 cm³/mol. The molecule has 0 fully saturated rings. The van der Waals surface area contributed by atoms with E-state index in [0.29, 0.717) is 17.0 Å². The second-order valence-electron chi connectivity index (χ2n) is 9.31. The van der Waals surface area contributed by atoms with E-state index in [4.69, 9.17) is 21.1 Å². The summed E-state index contributed by atoms with van der Waals surface area (Å²) in [5.74, 6) is -2.31. The first-order valence-corrected chi connectivity index (χ1v) is 14.3. The first kappa shape index (κ1) is 30.7. The third-order valence-corrected chi connectivity index (χ3v) is 7.60. The standard InChI is InChI=1S/C29H28ClN5O6S/c1-5-17(3)41-22(36)13-42-28-23-26(31-14-32-28)35(15-33-23)24(25(37)18-8-6-16(2)7-9-18)27(38)34-21-12-19(29(39)40-4)10-11-20(21)30/h6-12,14-15,17,24H,5,13H2,1-4H3,(H,34,38). The van der Waals surface area contributed by atoms with Gasteiger partial charge in [-0.1, -0.05) is 60.1 Å². The molecule has 2 heterocycles. The second kappa shape index (κ2) is 13.6. The van der Waals surface area contributed by atoms with E-state index in [-0.39, 0.29) is 39.3 Å².